The Hall–Kier alpha value is -1.56. The average Bonchev–Trinajstić information content (AvgIpc) is 2.41. The number of ether oxygens (including phenoxy) is 1. The SMILES string of the molecule is O=C1CCC(NC(=O)CCOc2cccc(Br)c2)CN1. The minimum atomic E-state index is -0.0545. The molecule has 5 nitrogen and oxygen atoms in total. The van der Waals surface area contributed by atoms with Gasteiger partial charge in [0.15, 0.2) is 0 Å². The molecule has 0 bridgehead atoms. The van der Waals surface area contributed by atoms with Crippen LogP contribution in [-0.2, 0) is 9.59 Å². The van der Waals surface area contributed by atoms with Gasteiger partial charge in [-0.1, -0.05) is 22.0 Å². The van der Waals surface area contributed by atoms with Gasteiger partial charge in [0.05, 0.1) is 13.0 Å². The Labute approximate surface area is 126 Å². The second kappa shape index (κ2) is 7.28. The molecule has 1 saturated heterocycles. The maximum atomic E-state index is 11.7. The molecule has 0 radical (unpaired) electrons. The van der Waals surface area contributed by atoms with Gasteiger partial charge in [0, 0.05) is 23.5 Å². The summed E-state index contributed by atoms with van der Waals surface area (Å²) >= 11 is 3.36. The number of carbonyl (C=O) groups excluding carboxylic acids is 2. The molecule has 6 heteroatoms. The van der Waals surface area contributed by atoms with Gasteiger partial charge in [0.2, 0.25) is 11.8 Å². The molecule has 0 aromatic heterocycles. The molecule has 0 spiro atoms. The topological polar surface area (TPSA) is 67.4 Å². The third-order valence-corrected chi connectivity index (χ3v) is 3.52. The highest BCUT2D eigenvalue weighted by Crippen LogP contribution is 2.17. The first-order valence-electron chi connectivity index (χ1n) is 6.58. The monoisotopic (exact) mass is 340 g/mol. The summed E-state index contributed by atoms with van der Waals surface area (Å²) in [6, 6.07) is 7.53. The van der Waals surface area contributed by atoms with Crippen LogP contribution in [0.4, 0.5) is 0 Å². The molecule has 0 aliphatic carbocycles. The lowest BCUT2D eigenvalue weighted by Gasteiger charge is -2.23. The molecule has 2 amide bonds. The fourth-order valence-electron chi connectivity index (χ4n) is 1.97. The van der Waals surface area contributed by atoms with E-state index < -0.39 is 0 Å². The summed E-state index contributed by atoms with van der Waals surface area (Å²) in [6.07, 6.45) is 1.47. The molecule has 108 valence electrons. The minimum absolute atomic E-state index is 0.0334. The third kappa shape index (κ3) is 4.85. The minimum Gasteiger partial charge on any atom is -0.493 e. The largest absolute Gasteiger partial charge is 0.493 e. The van der Waals surface area contributed by atoms with Crippen LogP contribution < -0.4 is 15.4 Å². The molecular weight excluding hydrogens is 324 g/mol. The van der Waals surface area contributed by atoms with Gasteiger partial charge in [-0.15, -0.1) is 0 Å². The van der Waals surface area contributed by atoms with Crippen LogP contribution in [0.15, 0.2) is 28.7 Å². The lowest BCUT2D eigenvalue weighted by molar-refractivity contribution is -0.125. The number of hydrogen-bond acceptors (Lipinski definition) is 3. The maximum absolute atomic E-state index is 11.7. The number of carbonyl (C=O) groups is 2. The second-order valence-corrected chi connectivity index (χ2v) is 5.58. The zero-order valence-electron chi connectivity index (χ0n) is 11.0. The van der Waals surface area contributed by atoms with Crippen LogP contribution in [0.5, 0.6) is 5.75 Å². The normalized spacial score (nSPS) is 18.2. The molecule has 2 N–H and O–H groups in total. The van der Waals surface area contributed by atoms with Crippen molar-refractivity contribution in [2.45, 2.75) is 25.3 Å². The predicted molar refractivity (Wildman–Crippen MR) is 78.4 cm³/mol. The Morgan fingerprint density at radius 1 is 1.50 bits per heavy atom. The quantitative estimate of drug-likeness (QED) is 0.855. The van der Waals surface area contributed by atoms with Gasteiger partial charge in [-0.2, -0.15) is 0 Å². The van der Waals surface area contributed by atoms with Gasteiger partial charge in [-0.3, -0.25) is 9.59 Å². The number of piperidine rings is 1. The van der Waals surface area contributed by atoms with Crippen LogP contribution in [0.1, 0.15) is 19.3 Å². The van der Waals surface area contributed by atoms with Crippen molar-refractivity contribution in [1.29, 1.82) is 0 Å². The van der Waals surface area contributed by atoms with Crippen molar-refractivity contribution >= 4 is 27.7 Å². The Kier molecular flexibility index (Phi) is 5.40. The van der Waals surface area contributed by atoms with E-state index in [9.17, 15) is 9.59 Å². The van der Waals surface area contributed by atoms with Gasteiger partial charge in [0.25, 0.3) is 0 Å². The number of benzene rings is 1. The van der Waals surface area contributed by atoms with Crippen molar-refractivity contribution in [2.75, 3.05) is 13.2 Å². The van der Waals surface area contributed by atoms with Crippen molar-refractivity contribution in [3.8, 4) is 5.75 Å². The first-order valence-corrected chi connectivity index (χ1v) is 7.37. The van der Waals surface area contributed by atoms with Gasteiger partial charge < -0.3 is 15.4 Å². The Balaban J connectivity index is 1.66. The number of nitrogens with one attached hydrogen (secondary N) is 2. The van der Waals surface area contributed by atoms with E-state index in [4.69, 9.17) is 4.74 Å². The molecular formula is C14H17BrN2O3. The first kappa shape index (κ1) is 14.8. The molecule has 2 rings (SSSR count). The Morgan fingerprint density at radius 3 is 3.05 bits per heavy atom. The Morgan fingerprint density at radius 2 is 2.35 bits per heavy atom. The van der Waals surface area contributed by atoms with E-state index in [-0.39, 0.29) is 17.9 Å². The summed E-state index contributed by atoms with van der Waals surface area (Å²) in [6.45, 7) is 0.846. The van der Waals surface area contributed by atoms with Crippen LogP contribution in [0.3, 0.4) is 0 Å². The highest BCUT2D eigenvalue weighted by atomic mass is 79.9. The van der Waals surface area contributed by atoms with E-state index in [1.165, 1.54) is 0 Å². The van der Waals surface area contributed by atoms with E-state index in [1.807, 2.05) is 24.3 Å². The molecule has 0 saturated carbocycles. The zero-order chi connectivity index (χ0) is 14.4. The van der Waals surface area contributed by atoms with Crippen molar-refractivity contribution in [3.63, 3.8) is 0 Å². The summed E-state index contributed by atoms with van der Waals surface area (Å²) in [5, 5.41) is 5.63. The van der Waals surface area contributed by atoms with E-state index in [0.29, 0.717) is 32.4 Å². The van der Waals surface area contributed by atoms with Crippen molar-refractivity contribution < 1.29 is 14.3 Å². The van der Waals surface area contributed by atoms with E-state index >= 15 is 0 Å². The molecule has 1 aliphatic heterocycles. The zero-order valence-corrected chi connectivity index (χ0v) is 12.6. The van der Waals surface area contributed by atoms with E-state index in [1.54, 1.807) is 0 Å². The lowest BCUT2D eigenvalue weighted by Crippen LogP contribution is -2.47. The fourth-order valence-corrected chi connectivity index (χ4v) is 2.35. The first-order chi connectivity index (χ1) is 9.63. The summed E-state index contributed by atoms with van der Waals surface area (Å²) < 4.78 is 6.45. The number of halogens is 1. The maximum Gasteiger partial charge on any atom is 0.223 e. The van der Waals surface area contributed by atoms with Gasteiger partial charge in [-0.25, -0.2) is 0 Å². The molecule has 1 unspecified atom stereocenters. The van der Waals surface area contributed by atoms with E-state index in [0.717, 1.165) is 10.2 Å². The lowest BCUT2D eigenvalue weighted by atomic mass is 10.1. The molecule has 1 heterocycles. The van der Waals surface area contributed by atoms with Crippen molar-refractivity contribution in [1.82, 2.24) is 10.6 Å². The summed E-state index contributed by atoms with van der Waals surface area (Å²) in [4.78, 5) is 22.7. The molecule has 1 atom stereocenters. The summed E-state index contributed by atoms with van der Waals surface area (Å²) in [7, 11) is 0. The van der Waals surface area contributed by atoms with Gasteiger partial charge in [-0.05, 0) is 24.6 Å². The van der Waals surface area contributed by atoms with Crippen LogP contribution in [0.2, 0.25) is 0 Å². The number of amides is 2. The highest BCUT2D eigenvalue weighted by molar-refractivity contribution is 9.10. The summed E-state index contributed by atoms with van der Waals surface area (Å²) in [5.41, 5.74) is 0. The predicted octanol–water partition coefficient (Wildman–Crippen LogP) is 1.61. The van der Waals surface area contributed by atoms with Gasteiger partial charge in [0.1, 0.15) is 5.75 Å². The van der Waals surface area contributed by atoms with Crippen molar-refractivity contribution in [3.05, 3.63) is 28.7 Å². The smallest absolute Gasteiger partial charge is 0.223 e. The van der Waals surface area contributed by atoms with Gasteiger partial charge >= 0.3 is 0 Å². The Bertz CT molecular complexity index is 483. The van der Waals surface area contributed by atoms with Crippen LogP contribution in [0, 0.1) is 0 Å². The van der Waals surface area contributed by atoms with Crippen LogP contribution in [0.25, 0.3) is 0 Å². The van der Waals surface area contributed by atoms with Crippen molar-refractivity contribution in [2.24, 2.45) is 0 Å². The number of rotatable bonds is 5. The molecule has 1 fully saturated rings. The highest BCUT2D eigenvalue weighted by Gasteiger charge is 2.19. The molecule has 1 aromatic rings. The van der Waals surface area contributed by atoms with Crippen LogP contribution >= 0.6 is 15.9 Å². The second-order valence-electron chi connectivity index (χ2n) is 4.66. The van der Waals surface area contributed by atoms with E-state index in [2.05, 4.69) is 26.6 Å². The van der Waals surface area contributed by atoms with Crippen LogP contribution in [-0.4, -0.2) is 31.0 Å². The molecule has 1 aliphatic rings. The standard InChI is InChI=1S/C14H17BrN2O3/c15-10-2-1-3-12(8-10)20-7-6-14(19)17-11-4-5-13(18)16-9-11/h1-3,8,11H,4-7,9H2,(H,16,18)(H,17,19). The fraction of sp³-hybridized carbons (Fsp3) is 0.429. The third-order valence-electron chi connectivity index (χ3n) is 3.02. The number of hydrogen-bond donors (Lipinski definition) is 2. The molecule has 20 heavy (non-hydrogen) atoms. The average molecular weight is 341 g/mol. The summed E-state index contributed by atoms with van der Waals surface area (Å²) in [5.74, 6) is 0.728. The molecule has 1 aromatic carbocycles.